The van der Waals surface area contributed by atoms with E-state index in [0.717, 1.165) is 37.6 Å². The van der Waals surface area contributed by atoms with Gasteiger partial charge in [-0.05, 0) is 6.07 Å². The van der Waals surface area contributed by atoms with Crippen LogP contribution in [-0.2, 0) is 0 Å². The number of aromatic amines is 1. The third kappa shape index (κ3) is 3.82. The molecule has 2 heterocycles. The lowest BCUT2D eigenvalue weighted by atomic mass is 10.2. The molecule has 1 N–H and O–H groups in total. The fraction of sp³-hybridized carbons (Fsp3) is 0.250. The molecule has 7 heteroatoms. The Hall–Kier alpha value is -2.96. The largest absolute Gasteiger partial charge is 0.289 e. The smallest absolute Gasteiger partial charge is 0.274 e. The van der Waals surface area contributed by atoms with Gasteiger partial charge in [-0.25, -0.2) is 4.98 Å². The maximum Gasteiger partial charge on any atom is 0.274 e. The molecule has 23 heavy (non-hydrogen) atoms. The molecule has 2 aromatic rings. The number of hydrazone groups is 1. The van der Waals surface area contributed by atoms with E-state index in [0.29, 0.717) is 0 Å². The van der Waals surface area contributed by atoms with Crippen molar-refractivity contribution in [2.24, 2.45) is 5.10 Å². The van der Waals surface area contributed by atoms with Crippen LogP contribution in [0.15, 0.2) is 53.8 Å². The molecule has 118 valence electrons. The number of aromatic nitrogens is 1. The molecule has 0 spiro atoms. The van der Waals surface area contributed by atoms with Gasteiger partial charge in [0.25, 0.3) is 11.5 Å². The molecule has 0 aliphatic carbocycles. The highest BCUT2D eigenvalue weighted by molar-refractivity contribution is 5.80. The quantitative estimate of drug-likeness (QED) is 0.488. The molecule has 1 aliphatic heterocycles. The number of hydrogen-bond donors (Lipinski definition) is 0. The van der Waals surface area contributed by atoms with Crippen molar-refractivity contribution >= 4 is 17.7 Å². The summed E-state index contributed by atoms with van der Waals surface area (Å²) >= 11 is 0. The average Bonchev–Trinajstić information content (AvgIpc) is 2.61. The van der Waals surface area contributed by atoms with Gasteiger partial charge >= 0.3 is 0 Å². The Morgan fingerprint density at radius 1 is 1.13 bits per heavy atom. The Morgan fingerprint density at radius 2 is 1.96 bits per heavy atom. The molecule has 0 radical (unpaired) electrons. The standard InChI is InChI=1S/C16H17N5O2/c22-21(23)15-5-3-4-14(12-15)13-18-20-10-8-19(9-11-20)16-6-1-2-7-17-16/h1-7,12-13H,8-11H2/p+1/b18-13-. The molecule has 7 nitrogen and oxygen atoms in total. The monoisotopic (exact) mass is 312 g/mol. The Balaban J connectivity index is 1.58. The predicted molar refractivity (Wildman–Crippen MR) is 87.5 cm³/mol. The molecule has 0 amide bonds. The van der Waals surface area contributed by atoms with Gasteiger partial charge in [0.05, 0.1) is 30.4 Å². The number of nitrogens with zero attached hydrogens (tertiary/aromatic N) is 4. The molecule has 1 aromatic carbocycles. The second-order valence-corrected chi connectivity index (χ2v) is 5.29. The Kier molecular flexibility index (Phi) is 4.46. The Bertz CT molecular complexity index is 697. The third-order valence-corrected chi connectivity index (χ3v) is 3.74. The summed E-state index contributed by atoms with van der Waals surface area (Å²) in [5, 5.41) is 17.2. The number of hydrogen-bond acceptors (Lipinski definition) is 5. The van der Waals surface area contributed by atoms with Crippen LogP contribution in [0.5, 0.6) is 0 Å². The number of H-pyrrole nitrogens is 1. The highest BCUT2D eigenvalue weighted by Crippen LogP contribution is 2.13. The van der Waals surface area contributed by atoms with Crippen LogP contribution >= 0.6 is 0 Å². The number of rotatable bonds is 4. The summed E-state index contributed by atoms with van der Waals surface area (Å²) in [5.74, 6) is 1.11. The van der Waals surface area contributed by atoms with E-state index in [1.54, 1.807) is 12.3 Å². The van der Waals surface area contributed by atoms with E-state index < -0.39 is 4.92 Å². The SMILES string of the molecule is O=[N+]([O-])c1cccc(/C=N\N2CCN(c3cccc[nH+]3)CC2)c1. The van der Waals surface area contributed by atoms with E-state index in [-0.39, 0.29) is 5.69 Å². The van der Waals surface area contributed by atoms with Crippen molar-refractivity contribution in [3.8, 4) is 0 Å². The van der Waals surface area contributed by atoms with Gasteiger partial charge in [-0.2, -0.15) is 5.10 Å². The van der Waals surface area contributed by atoms with Crippen molar-refractivity contribution in [2.75, 3.05) is 31.1 Å². The molecule has 0 bridgehead atoms. The van der Waals surface area contributed by atoms with Crippen LogP contribution in [0.4, 0.5) is 11.5 Å². The lowest BCUT2D eigenvalue weighted by molar-refractivity contribution is -0.384. The minimum Gasteiger partial charge on any atom is -0.289 e. The van der Waals surface area contributed by atoms with Crippen molar-refractivity contribution in [2.45, 2.75) is 0 Å². The summed E-state index contributed by atoms with van der Waals surface area (Å²) < 4.78 is 0. The topological polar surface area (TPSA) is 76.1 Å². The van der Waals surface area contributed by atoms with Gasteiger partial charge in [0.1, 0.15) is 13.1 Å². The van der Waals surface area contributed by atoms with Crippen LogP contribution in [0, 0.1) is 10.1 Å². The van der Waals surface area contributed by atoms with E-state index in [9.17, 15) is 10.1 Å². The van der Waals surface area contributed by atoms with Crippen molar-refractivity contribution in [3.05, 3.63) is 64.3 Å². The van der Waals surface area contributed by atoms with E-state index in [4.69, 9.17) is 0 Å². The second-order valence-electron chi connectivity index (χ2n) is 5.29. The van der Waals surface area contributed by atoms with Gasteiger partial charge in [0, 0.05) is 23.8 Å². The molecule has 1 aromatic heterocycles. The third-order valence-electron chi connectivity index (χ3n) is 3.74. The minimum atomic E-state index is -0.396. The van der Waals surface area contributed by atoms with Crippen LogP contribution in [0.1, 0.15) is 5.56 Å². The van der Waals surface area contributed by atoms with Gasteiger partial charge in [-0.15, -0.1) is 0 Å². The van der Waals surface area contributed by atoms with Crippen molar-refractivity contribution in [1.29, 1.82) is 0 Å². The van der Waals surface area contributed by atoms with E-state index in [2.05, 4.69) is 21.1 Å². The summed E-state index contributed by atoms with van der Waals surface area (Å²) in [5.41, 5.74) is 0.816. The number of nitro groups is 1. The average molecular weight is 312 g/mol. The van der Waals surface area contributed by atoms with E-state index >= 15 is 0 Å². The van der Waals surface area contributed by atoms with Crippen molar-refractivity contribution in [1.82, 2.24) is 5.01 Å². The number of anilines is 1. The molecule has 1 saturated heterocycles. The zero-order valence-electron chi connectivity index (χ0n) is 12.6. The van der Waals surface area contributed by atoms with Gasteiger partial charge in [0.2, 0.25) is 0 Å². The summed E-state index contributed by atoms with van der Waals surface area (Å²) in [7, 11) is 0. The molecule has 1 aliphatic rings. The minimum absolute atomic E-state index is 0.0818. The normalized spacial score (nSPS) is 15.1. The van der Waals surface area contributed by atoms with Crippen LogP contribution in [0.3, 0.4) is 0 Å². The summed E-state index contributed by atoms with van der Waals surface area (Å²) in [4.78, 5) is 15.9. The van der Waals surface area contributed by atoms with E-state index in [1.807, 2.05) is 29.4 Å². The number of nitro benzene ring substituents is 1. The fourth-order valence-corrected chi connectivity index (χ4v) is 2.50. The van der Waals surface area contributed by atoms with Gasteiger partial charge < -0.3 is 0 Å². The first-order valence-corrected chi connectivity index (χ1v) is 7.47. The molecule has 1 fully saturated rings. The second kappa shape index (κ2) is 6.87. The number of nitrogens with one attached hydrogen (secondary N) is 1. The zero-order valence-corrected chi connectivity index (χ0v) is 12.6. The Morgan fingerprint density at radius 3 is 2.65 bits per heavy atom. The first-order chi connectivity index (χ1) is 11.2. The van der Waals surface area contributed by atoms with Crippen molar-refractivity contribution < 1.29 is 9.91 Å². The molecule has 0 unspecified atom stereocenters. The molecular weight excluding hydrogens is 294 g/mol. The van der Waals surface area contributed by atoms with Crippen LogP contribution in [0.25, 0.3) is 0 Å². The number of pyridine rings is 1. The highest BCUT2D eigenvalue weighted by Gasteiger charge is 2.21. The van der Waals surface area contributed by atoms with Gasteiger partial charge in [-0.3, -0.25) is 20.0 Å². The number of non-ortho nitro benzene ring substituents is 1. The molecule has 0 atom stereocenters. The molecule has 3 rings (SSSR count). The van der Waals surface area contributed by atoms with Crippen LogP contribution < -0.4 is 9.88 Å². The van der Waals surface area contributed by atoms with Gasteiger partial charge in [-0.1, -0.05) is 18.2 Å². The van der Waals surface area contributed by atoms with Gasteiger partial charge in [0.15, 0.2) is 0 Å². The maximum absolute atomic E-state index is 10.8. The molecule has 0 saturated carbocycles. The van der Waals surface area contributed by atoms with Crippen LogP contribution in [0.2, 0.25) is 0 Å². The molecular formula is C16H18N5O2+. The highest BCUT2D eigenvalue weighted by atomic mass is 16.6. The summed E-state index contributed by atoms with van der Waals surface area (Å²) in [6, 6.07) is 12.5. The maximum atomic E-state index is 10.8. The number of piperazine rings is 1. The van der Waals surface area contributed by atoms with Crippen LogP contribution in [-0.4, -0.2) is 42.3 Å². The lowest BCUT2D eigenvalue weighted by Gasteiger charge is -2.28. The first kappa shape index (κ1) is 15.0. The Labute approximate surface area is 134 Å². The first-order valence-electron chi connectivity index (χ1n) is 7.47. The lowest BCUT2D eigenvalue weighted by Crippen LogP contribution is -2.45. The van der Waals surface area contributed by atoms with Crippen molar-refractivity contribution in [3.63, 3.8) is 0 Å². The zero-order chi connectivity index (χ0) is 16.1. The fourth-order valence-electron chi connectivity index (χ4n) is 2.50. The summed E-state index contributed by atoms with van der Waals surface area (Å²) in [6.45, 7) is 3.39. The summed E-state index contributed by atoms with van der Waals surface area (Å²) in [6.07, 6.45) is 3.60. The predicted octanol–water partition coefficient (Wildman–Crippen LogP) is 1.56. The number of benzene rings is 1. The van der Waals surface area contributed by atoms with E-state index in [1.165, 1.54) is 12.1 Å².